The average molecular weight is 465 g/mol. The maximum absolute atomic E-state index is 12.9. The van der Waals surface area contributed by atoms with Crippen molar-refractivity contribution in [3.8, 4) is 11.1 Å². The quantitative estimate of drug-likeness (QED) is 0.477. The lowest BCUT2D eigenvalue weighted by Crippen LogP contribution is -2.25. The van der Waals surface area contributed by atoms with Crippen molar-refractivity contribution in [3.05, 3.63) is 63.8 Å². The van der Waals surface area contributed by atoms with Crippen LogP contribution in [0.2, 0.25) is 0 Å². The van der Waals surface area contributed by atoms with Crippen LogP contribution in [0.25, 0.3) is 11.1 Å². The third kappa shape index (κ3) is 4.42. The number of nitrogens with one attached hydrogen (secondary N) is 2. The Labute approximate surface area is 197 Å². The molecule has 3 aromatic rings. The highest BCUT2D eigenvalue weighted by atomic mass is 32.2. The van der Waals surface area contributed by atoms with E-state index in [1.165, 1.54) is 39.1 Å². The van der Waals surface area contributed by atoms with Gasteiger partial charge in [-0.15, -0.1) is 11.3 Å². The number of likely N-dealkylation sites (N-methyl/N-ethyl adjacent to an activating group) is 1. The minimum Gasteiger partial charge on any atom is -0.306 e. The van der Waals surface area contributed by atoms with Crippen molar-refractivity contribution >= 4 is 35.0 Å². The molecule has 166 valence electrons. The van der Waals surface area contributed by atoms with E-state index in [-0.39, 0.29) is 6.03 Å². The lowest BCUT2D eigenvalue weighted by Gasteiger charge is -2.21. The monoisotopic (exact) mass is 464 g/mol. The summed E-state index contributed by atoms with van der Waals surface area (Å²) in [7, 11) is 2.15. The summed E-state index contributed by atoms with van der Waals surface area (Å²) in [4.78, 5) is 21.1. The number of carbonyl (C=O) groups is 1. The lowest BCUT2D eigenvalue weighted by atomic mass is 9.97. The molecule has 1 aromatic carbocycles. The number of aromatic nitrogens is 1. The van der Waals surface area contributed by atoms with Gasteiger partial charge in [0.2, 0.25) is 0 Å². The fourth-order valence-electron chi connectivity index (χ4n) is 4.61. The Morgan fingerprint density at radius 1 is 1.19 bits per heavy atom. The van der Waals surface area contributed by atoms with Crippen LogP contribution in [0.1, 0.15) is 40.5 Å². The number of aryl methyl sites for hydroxylation is 2. The first kappa shape index (κ1) is 21.5. The minimum atomic E-state index is -0.181. The number of thiophene rings is 1. The van der Waals surface area contributed by atoms with E-state index in [1.807, 2.05) is 12.4 Å². The fourth-order valence-corrected chi connectivity index (χ4v) is 6.54. The molecule has 7 heteroatoms. The summed E-state index contributed by atoms with van der Waals surface area (Å²) >= 11 is 3.20. The third-order valence-corrected chi connectivity index (χ3v) is 8.45. The molecular weight excluding hydrogens is 436 g/mol. The highest BCUT2D eigenvalue weighted by Gasteiger charge is 2.21. The molecule has 0 saturated heterocycles. The standard InChI is InChI=1S/C25H28N4OS2/c1-3-16-11-18(14-26-13-16)21-8-7-17-5-4-6-20(17)24(21)27-25(30)28-32-23-12-19-15-29(2)10-9-22(19)31-23/h7-8,11-14H,3-6,9-10,15H2,1-2H3,(H2,27,28,30). The average Bonchev–Trinajstić information content (AvgIpc) is 3.44. The second-order valence-electron chi connectivity index (χ2n) is 8.57. The van der Waals surface area contributed by atoms with Gasteiger partial charge >= 0.3 is 6.03 Å². The second kappa shape index (κ2) is 9.25. The van der Waals surface area contributed by atoms with Crippen molar-refractivity contribution in [2.45, 2.75) is 49.8 Å². The van der Waals surface area contributed by atoms with Crippen molar-refractivity contribution in [3.63, 3.8) is 0 Å². The Hall–Kier alpha value is -2.35. The number of carbonyl (C=O) groups excluding carboxylic acids is 1. The zero-order valence-corrected chi connectivity index (χ0v) is 20.2. The van der Waals surface area contributed by atoms with Crippen LogP contribution in [-0.2, 0) is 32.2 Å². The number of anilines is 1. The van der Waals surface area contributed by atoms with Gasteiger partial charge in [0.15, 0.2) is 0 Å². The molecule has 2 aromatic heterocycles. The Morgan fingerprint density at radius 3 is 2.97 bits per heavy atom. The minimum absolute atomic E-state index is 0.181. The van der Waals surface area contributed by atoms with Crippen LogP contribution in [-0.4, -0.2) is 29.5 Å². The second-order valence-corrected chi connectivity index (χ2v) is 10.8. The van der Waals surface area contributed by atoms with Crippen molar-refractivity contribution in [1.82, 2.24) is 14.6 Å². The van der Waals surface area contributed by atoms with Gasteiger partial charge in [0, 0.05) is 41.5 Å². The van der Waals surface area contributed by atoms with E-state index < -0.39 is 0 Å². The molecule has 2 amide bonds. The van der Waals surface area contributed by atoms with E-state index in [2.05, 4.69) is 58.2 Å². The summed E-state index contributed by atoms with van der Waals surface area (Å²) < 4.78 is 4.15. The van der Waals surface area contributed by atoms with E-state index in [0.717, 1.165) is 66.2 Å². The number of nitrogens with zero attached hydrogens (tertiary/aromatic N) is 2. The summed E-state index contributed by atoms with van der Waals surface area (Å²) in [6, 6.07) is 8.55. The van der Waals surface area contributed by atoms with E-state index in [4.69, 9.17) is 0 Å². The maximum Gasteiger partial charge on any atom is 0.329 e. The molecule has 3 heterocycles. The Balaban J connectivity index is 1.35. The van der Waals surface area contributed by atoms with Gasteiger partial charge in [0.05, 0.1) is 9.90 Å². The molecule has 0 saturated carbocycles. The SMILES string of the molecule is CCc1cncc(-c2ccc3c(c2NC(=O)NSc2cc4c(s2)CCN(C)C4)CCC3)c1. The molecule has 0 bridgehead atoms. The topological polar surface area (TPSA) is 57.3 Å². The molecule has 2 N–H and O–H groups in total. The van der Waals surface area contributed by atoms with E-state index >= 15 is 0 Å². The molecule has 0 radical (unpaired) electrons. The molecule has 1 aliphatic heterocycles. The lowest BCUT2D eigenvalue weighted by molar-refractivity contribution is 0.257. The van der Waals surface area contributed by atoms with Crippen LogP contribution in [0.4, 0.5) is 10.5 Å². The zero-order chi connectivity index (χ0) is 22.1. The molecular formula is C25H28N4OS2. The van der Waals surface area contributed by atoms with E-state index in [0.29, 0.717) is 0 Å². The summed E-state index contributed by atoms with van der Waals surface area (Å²) in [6.45, 7) is 4.22. The number of benzene rings is 1. The van der Waals surface area contributed by atoms with E-state index in [1.54, 1.807) is 11.3 Å². The number of pyridine rings is 1. The largest absolute Gasteiger partial charge is 0.329 e. The number of hydrogen-bond donors (Lipinski definition) is 2. The van der Waals surface area contributed by atoms with E-state index in [9.17, 15) is 4.79 Å². The molecule has 1 aliphatic carbocycles. The van der Waals surface area contributed by atoms with Gasteiger partial charge in [0.25, 0.3) is 0 Å². The zero-order valence-electron chi connectivity index (χ0n) is 18.5. The predicted octanol–water partition coefficient (Wildman–Crippen LogP) is 5.68. The highest BCUT2D eigenvalue weighted by molar-refractivity contribution is 7.99. The molecule has 0 atom stereocenters. The van der Waals surface area contributed by atoms with Crippen LogP contribution in [0.5, 0.6) is 0 Å². The molecule has 5 rings (SSSR count). The van der Waals surface area contributed by atoms with Crippen molar-refractivity contribution in [1.29, 1.82) is 0 Å². The first-order chi connectivity index (χ1) is 15.6. The number of fused-ring (bicyclic) bond motifs is 2. The molecule has 5 nitrogen and oxygen atoms in total. The van der Waals surface area contributed by atoms with Crippen LogP contribution in [0.3, 0.4) is 0 Å². The summed E-state index contributed by atoms with van der Waals surface area (Å²) in [6.07, 6.45) is 9.03. The fraction of sp³-hybridized carbons (Fsp3) is 0.360. The predicted molar refractivity (Wildman–Crippen MR) is 133 cm³/mol. The third-order valence-electron chi connectivity index (χ3n) is 6.31. The summed E-state index contributed by atoms with van der Waals surface area (Å²) in [5.41, 5.74) is 8.22. The first-order valence-electron chi connectivity index (χ1n) is 11.2. The maximum atomic E-state index is 12.9. The number of hydrogen-bond acceptors (Lipinski definition) is 5. The number of amides is 2. The summed E-state index contributed by atoms with van der Waals surface area (Å²) in [5.74, 6) is 0. The van der Waals surface area contributed by atoms with Crippen LogP contribution in [0, 0.1) is 0 Å². The smallest absolute Gasteiger partial charge is 0.306 e. The van der Waals surface area contributed by atoms with Gasteiger partial charge in [-0.2, -0.15) is 0 Å². The van der Waals surface area contributed by atoms with Gasteiger partial charge in [-0.3, -0.25) is 9.71 Å². The number of rotatable bonds is 5. The van der Waals surface area contributed by atoms with Crippen LogP contribution in [0.15, 0.2) is 40.9 Å². The molecule has 2 aliphatic rings. The first-order valence-corrected chi connectivity index (χ1v) is 12.9. The Morgan fingerprint density at radius 2 is 2.09 bits per heavy atom. The van der Waals surface area contributed by atoms with Gasteiger partial charge < -0.3 is 10.2 Å². The van der Waals surface area contributed by atoms with Crippen LogP contribution < -0.4 is 10.0 Å². The molecule has 32 heavy (non-hydrogen) atoms. The summed E-state index contributed by atoms with van der Waals surface area (Å²) in [5, 5.41) is 3.18. The molecule has 0 spiro atoms. The van der Waals surface area contributed by atoms with Crippen molar-refractivity contribution in [2.24, 2.45) is 0 Å². The van der Waals surface area contributed by atoms with Gasteiger partial charge in [0.1, 0.15) is 0 Å². The highest BCUT2D eigenvalue weighted by Crippen LogP contribution is 2.38. The Bertz CT molecular complexity index is 1160. The van der Waals surface area contributed by atoms with Crippen molar-refractivity contribution in [2.75, 3.05) is 18.9 Å². The van der Waals surface area contributed by atoms with Crippen molar-refractivity contribution < 1.29 is 4.79 Å². The Kier molecular flexibility index (Phi) is 6.22. The molecule has 0 fully saturated rings. The van der Waals surface area contributed by atoms with Gasteiger partial charge in [-0.05, 0) is 85.5 Å². The normalized spacial score (nSPS) is 15.3. The van der Waals surface area contributed by atoms with Crippen LogP contribution >= 0.6 is 23.3 Å². The molecule has 0 unspecified atom stereocenters. The number of urea groups is 1. The van der Waals surface area contributed by atoms with Gasteiger partial charge in [-0.25, -0.2) is 4.79 Å². The van der Waals surface area contributed by atoms with Gasteiger partial charge in [-0.1, -0.05) is 19.1 Å².